The first-order valence-corrected chi connectivity index (χ1v) is 3.64. The maximum Gasteiger partial charge on any atom is 0.266 e. The van der Waals surface area contributed by atoms with Crippen LogP contribution in [0.3, 0.4) is 0 Å². The second-order valence-corrected chi connectivity index (χ2v) is 2.73. The number of rotatable bonds is 1. The summed E-state index contributed by atoms with van der Waals surface area (Å²) in [6.45, 7) is 0. The van der Waals surface area contributed by atoms with Crippen LogP contribution in [0.25, 0.3) is 0 Å². The molecule has 0 spiro atoms. The van der Waals surface area contributed by atoms with Crippen LogP contribution < -0.4 is 0 Å². The Hall–Kier alpha value is -0.780. The SMILES string of the molecule is Oc1cc(C(F)F)c(Br)nc1F. The summed E-state index contributed by atoms with van der Waals surface area (Å²) in [4.78, 5) is 3.01. The molecule has 0 saturated carbocycles. The van der Waals surface area contributed by atoms with Gasteiger partial charge in [0.05, 0.1) is 5.56 Å². The Morgan fingerprint density at radius 3 is 2.58 bits per heavy atom. The van der Waals surface area contributed by atoms with Crippen molar-refractivity contribution in [2.75, 3.05) is 0 Å². The van der Waals surface area contributed by atoms with Crippen LogP contribution in [0.15, 0.2) is 10.7 Å². The first-order valence-electron chi connectivity index (χ1n) is 2.85. The van der Waals surface area contributed by atoms with Crippen molar-refractivity contribution < 1.29 is 18.3 Å². The lowest BCUT2D eigenvalue weighted by molar-refractivity contribution is 0.149. The van der Waals surface area contributed by atoms with Crippen LogP contribution in [-0.2, 0) is 0 Å². The summed E-state index contributed by atoms with van der Waals surface area (Å²) in [6.07, 6.45) is -2.79. The molecule has 0 amide bonds. The molecule has 1 rings (SSSR count). The topological polar surface area (TPSA) is 33.1 Å². The van der Waals surface area contributed by atoms with Crippen molar-refractivity contribution in [2.45, 2.75) is 6.43 Å². The van der Waals surface area contributed by atoms with Crippen molar-refractivity contribution in [2.24, 2.45) is 0 Å². The van der Waals surface area contributed by atoms with Crippen LogP contribution in [0.1, 0.15) is 12.0 Å². The smallest absolute Gasteiger partial charge is 0.266 e. The summed E-state index contributed by atoms with van der Waals surface area (Å²) in [6, 6.07) is 0.636. The highest BCUT2D eigenvalue weighted by Gasteiger charge is 2.16. The van der Waals surface area contributed by atoms with Crippen LogP contribution in [0, 0.1) is 5.95 Å². The second kappa shape index (κ2) is 3.30. The summed E-state index contributed by atoms with van der Waals surface area (Å²) in [5.41, 5.74) is -0.533. The van der Waals surface area contributed by atoms with E-state index in [1.807, 2.05) is 0 Å². The normalized spacial score (nSPS) is 10.8. The zero-order chi connectivity index (χ0) is 9.30. The third-order valence-corrected chi connectivity index (χ3v) is 1.81. The van der Waals surface area contributed by atoms with Gasteiger partial charge in [-0.3, -0.25) is 0 Å². The van der Waals surface area contributed by atoms with E-state index >= 15 is 0 Å². The maximum atomic E-state index is 12.4. The van der Waals surface area contributed by atoms with Gasteiger partial charge in [-0.2, -0.15) is 4.39 Å². The molecule has 0 aromatic carbocycles. The average molecular weight is 242 g/mol. The highest BCUT2D eigenvalue weighted by molar-refractivity contribution is 9.10. The maximum absolute atomic E-state index is 12.4. The van der Waals surface area contributed by atoms with E-state index in [-0.39, 0.29) is 4.60 Å². The van der Waals surface area contributed by atoms with Crippen LogP contribution in [0.5, 0.6) is 5.75 Å². The van der Waals surface area contributed by atoms with Crippen molar-refractivity contribution >= 4 is 15.9 Å². The summed E-state index contributed by atoms with van der Waals surface area (Å²) in [5, 5.41) is 8.68. The van der Waals surface area contributed by atoms with Gasteiger partial charge in [-0.25, -0.2) is 13.8 Å². The first kappa shape index (κ1) is 9.31. The molecule has 2 nitrogen and oxygen atoms in total. The van der Waals surface area contributed by atoms with Gasteiger partial charge in [0, 0.05) is 0 Å². The van der Waals surface area contributed by atoms with Crippen molar-refractivity contribution in [1.82, 2.24) is 4.98 Å². The number of nitrogens with zero attached hydrogens (tertiary/aromatic N) is 1. The van der Waals surface area contributed by atoms with Gasteiger partial charge in [0.15, 0.2) is 5.75 Å². The predicted molar refractivity (Wildman–Crippen MR) is 38.5 cm³/mol. The van der Waals surface area contributed by atoms with E-state index in [0.717, 1.165) is 0 Å². The summed E-state index contributed by atoms with van der Waals surface area (Å²) in [5.74, 6) is -2.06. The van der Waals surface area contributed by atoms with Crippen LogP contribution in [0.4, 0.5) is 13.2 Å². The van der Waals surface area contributed by atoms with Gasteiger partial charge in [-0.1, -0.05) is 0 Å². The summed E-state index contributed by atoms with van der Waals surface area (Å²) >= 11 is 2.64. The molecule has 0 bridgehead atoms. The van der Waals surface area contributed by atoms with E-state index in [1.54, 1.807) is 0 Å². The minimum atomic E-state index is -2.79. The average Bonchev–Trinajstić information content (AvgIpc) is 1.96. The molecule has 0 unspecified atom stereocenters. The van der Waals surface area contributed by atoms with Crippen LogP contribution in [0.2, 0.25) is 0 Å². The van der Waals surface area contributed by atoms with Crippen molar-refractivity contribution in [1.29, 1.82) is 0 Å². The Labute approximate surface area is 74.2 Å². The Balaban J connectivity index is 3.23. The monoisotopic (exact) mass is 241 g/mol. The zero-order valence-electron chi connectivity index (χ0n) is 5.56. The first-order chi connectivity index (χ1) is 5.52. The Bertz CT molecular complexity index is 305. The molecule has 1 heterocycles. The van der Waals surface area contributed by atoms with Gasteiger partial charge in [0.1, 0.15) is 4.60 Å². The molecule has 1 aromatic rings. The van der Waals surface area contributed by atoms with Crippen LogP contribution >= 0.6 is 15.9 Å². The molecule has 66 valence electrons. The number of hydrogen-bond acceptors (Lipinski definition) is 2. The number of aromatic nitrogens is 1. The van der Waals surface area contributed by atoms with E-state index in [0.29, 0.717) is 6.07 Å². The van der Waals surface area contributed by atoms with E-state index < -0.39 is 23.7 Å². The Morgan fingerprint density at radius 2 is 2.08 bits per heavy atom. The van der Waals surface area contributed by atoms with Gasteiger partial charge in [0.2, 0.25) is 0 Å². The van der Waals surface area contributed by atoms with E-state index in [9.17, 15) is 13.2 Å². The number of hydrogen-bond donors (Lipinski definition) is 1. The third kappa shape index (κ3) is 1.69. The van der Waals surface area contributed by atoms with Crippen molar-refractivity contribution in [3.05, 3.63) is 22.2 Å². The van der Waals surface area contributed by atoms with Crippen molar-refractivity contribution in [3.8, 4) is 5.75 Å². The molecule has 0 aliphatic rings. The van der Waals surface area contributed by atoms with Crippen LogP contribution in [-0.4, -0.2) is 10.1 Å². The molecule has 0 saturated heterocycles. The summed E-state index contributed by atoms with van der Waals surface area (Å²) < 4.78 is 36.2. The summed E-state index contributed by atoms with van der Waals surface area (Å²) in [7, 11) is 0. The van der Waals surface area contributed by atoms with Gasteiger partial charge >= 0.3 is 0 Å². The number of alkyl halides is 2. The van der Waals surface area contributed by atoms with E-state index in [4.69, 9.17) is 5.11 Å². The lowest BCUT2D eigenvalue weighted by Gasteiger charge is -2.02. The number of aromatic hydroxyl groups is 1. The van der Waals surface area contributed by atoms with Crippen molar-refractivity contribution in [3.63, 3.8) is 0 Å². The molecule has 0 atom stereocenters. The molecule has 0 fully saturated rings. The van der Waals surface area contributed by atoms with E-state index in [1.165, 1.54) is 0 Å². The van der Waals surface area contributed by atoms with Gasteiger partial charge in [-0.15, -0.1) is 0 Å². The Kier molecular flexibility index (Phi) is 2.56. The molecular weight excluding hydrogens is 239 g/mol. The fourth-order valence-electron chi connectivity index (χ4n) is 0.627. The second-order valence-electron chi connectivity index (χ2n) is 1.98. The Morgan fingerprint density at radius 1 is 1.50 bits per heavy atom. The zero-order valence-corrected chi connectivity index (χ0v) is 7.15. The molecule has 0 aliphatic heterocycles. The third-order valence-electron chi connectivity index (χ3n) is 1.17. The quantitative estimate of drug-likeness (QED) is 0.768. The minimum Gasteiger partial charge on any atom is -0.504 e. The highest BCUT2D eigenvalue weighted by Crippen LogP contribution is 2.29. The van der Waals surface area contributed by atoms with Gasteiger partial charge < -0.3 is 5.11 Å². The number of pyridine rings is 1. The molecule has 1 N–H and O–H groups in total. The van der Waals surface area contributed by atoms with Gasteiger partial charge in [0.25, 0.3) is 12.4 Å². The van der Waals surface area contributed by atoms with Gasteiger partial charge in [-0.05, 0) is 22.0 Å². The molecule has 0 radical (unpaired) electrons. The molecule has 6 heteroatoms. The highest BCUT2D eigenvalue weighted by atomic mass is 79.9. The molecule has 1 aromatic heterocycles. The number of halogens is 4. The molecular formula is C6H3BrF3NO. The van der Waals surface area contributed by atoms with E-state index in [2.05, 4.69) is 20.9 Å². The molecule has 12 heavy (non-hydrogen) atoms. The lowest BCUT2D eigenvalue weighted by Crippen LogP contribution is -1.92. The molecule has 0 aliphatic carbocycles. The fraction of sp³-hybridized carbons (Fsp3) is 0.167. The predicted octanol–water partition coefficient (Wildman–Crippen LogP) is 2.63. The standard InChI is InChI=1S/C6H3BrF3NO/c7-4-2(5(8)9)1-3(12)6(10)11-4/h1,5,12H. The minimum absolute atomic E-state index is 0.298. The lowest BCUT2D eigenvalue weighted by atomic mass is 10.3. The fourth-order valence-corrected chi connectivity index (χ4v) is 1.07. The largest absolute Gasteiger partial charge is 0.504 e.